The molecule has 0 aromatic heterocycles. The first-order valence-corrected chi connectivity index (χ1v) is 14.8. The van der Waals surface area contributed by atoms with E-state index >= 15 is 0 Å². The number of benzene rings is 2. The first-order valence-electron chi connectivity index (χ1n) is 14.8. The van der Waals surface area contributed by atoms with Gasteiger partial charge in [0.25, 0.3) is 0 Å². The molecule has 1 aliphatic rings. The van der Waals surface area contributed by atoms with E-state index in [9.17, 15) is 19.2 Å². The number of esters is 4. The zero-order chi connectivity index (χ0) is 33.6. The second kappa shape index (κ2) is 17.4. The van der Waals surface area contributed by atoms with Crippen LogP contribution in [0.3, 0.4) is 0 Å². The molecule has 0 N–H and O–H groups in total. The van der Waals surface area contributed by atoms with E-state index in [2.05, 4.69) is 13.2 Å². The van der Waals surface area contributed by atoms with Crippen LogP contribution >= 0.6 is 0 Å². The van der Waals surface area contributed by atoms with Crippen molar-refractivity contribution >= 4 is 36.0 Å². The maximum Gasteiger partial charge on any atom is 0.335 e. The summed E-state index contributed by atoms with van der Waals surface area (Å²) in [7, 11) is 0. The fourth-order valence-corrected chi connectivity index (χ4v) is 4.39. The van der Waals surface area contributed by atoms with Gasteiger partial charge in [0.15, 0.2) is 0 Å². The molecule has 0 radical (unpaired) electrons. The summed E-state index contributed by atoms with van der Waals surface area (Å²) in [5.41, 5.74) is 3.93. The van der Waals surface area contributed by atoms with E-state index in [1.54, 1.807) is 62.4 Å². The van der Waals surface area contributed by atoms with E-state index < -0.39 is 23.9 Å². The van der Waals surface area contributed by atoms with Gasteiger partial charge in [-0.05, 0) is 112 Å². The van der Waals surface area contributed by atoms with Crippen molar-refractivity contribution in [2.75, 3.05) is 13.6 Å². The van der Waals surface area contributed by atoms with Crippen molar-refractivity contribution in [3.05, 3.63) is 95.1 Å². The number of aryl methyl sites for hydroxylation is 2. The maximum absolute atomic E-state index is 12.4. The molecule has 1 saturated carbocycles. The number of rotatable bonds is 14. The molecular weight excluding hydrogens is 592 g/mol. The second-order valence-electron chi connectivity index (χ2n) is 10.9. The first-order chi connectivity index (χ1) is 21.9. The van der Waals surface area contributed by atoms with E-state index in [1.807, 2.05) is 13.8 Å². The molecule has 3 rings (SSSR count). The highest BCUT2D eigenvalue weighted by molar-refractivity contribution is 5.88. The summed E-state index contributed by atoms with van der Waals surface area (Å²) in [6.45, 7) is 13.4. The van der Waals surface area contributed by atoms with Crippen LogP contribution < -0.4 is 9.47 Å². The van der Waals surface area contributed by atoms with Crippen LogP contribution in [0.5, 0.6) is 11.5 Å². The zero-order valence-corrected chi connectivity index (χ0v) is 26.7. The highest BCUT2D eigenvalue weighted by Crippen LogP contribution is 2.25. The van der Waals surface area contributed by atoms with Crippen LogP contribution in [0.1, 0.15) is 61.8 Å². The molecule has 10 nitrogen and oxygen atoms in total. The predicted octanol–water partition coefficient (Wildman–Crippen LogP) is 6.34. The molecule has 0 spiro atoms. The molecule has 1 fully saturated rings. The summed E-state index contributed by atoms with van der Waals surface area (Å²) >= 11 is 0. The lowest BCUT2D eigenvalue weighted by molar-refractivity contribution is -0.151. The molecule has 2 aromatic rings. The molecule has 0 atom stereocenters. The van der Waals surface area contributed by atoms with Crippen LogP contribution in [-0.2, 0) is 38.1 Å². The van der Waals surface area contributed by atoms with Crippen molar-refractivity contribution in [3.8, 4) is 11.5 Å². The van der Waals surface area contributed by atoms with Gasteiger partial charge in [-0.3, -0.25) is 0 Å². The zero-order valence-electron chi connectivity index (χ0n) is 26.7. The standard InChI is InChI=1S/C36H40O10/c1-23(2)35(39)43-21-41-31-11-7-27(25(5)19-31)9-17-33(37)45-29-13-15-30(16-14-29)46-34(38)18-10-28-8-12-32(20-26(28)6)42-22-44-36(40)24(3)4/h7-12,17-20,29-30H,1,3,13-16,21-22H2,2,4-6H3/b17-9+,18-10+. The summed E-state index contributed by atoms with van der Waals surface area (Å²) < 4.78 is 31.9. The van der Waals surface area contributed by atoms with Crippen molar-refractivity contribution in [3.63, 3.8) is 0 Å². The molecule has 0 heterocycles. The third-order valence-electron chi connectivity index (χ3n) is 7.00. The Labute approximate surface area is 269 Å². The Kier molecular flexibility index (Phi) is 13.4. The fourth-order valence-electron chi connectivity index (χ4n) is 4.39. The Morgan fingerprint density at radius 2 is 1.04 bits per heavy atom. The maximum atomic E-state index is 12.4. The number of carbonyl (C=O) groups is 4. The third kappa shape index (κ3) is 11.8. The molecule has 46 heavy (non-hydrogen) atoms. The SMILES string of the molecule is C=C(C)C(=O)OCOc1ccc(/C=C/C(=O)OC2CCC(OC(=O)/C=C/c3ccc(OCOC(=O)C(=C)C)cc3C)CC2)c(C)c1. The van der Waals surface area contributed by atoms with Crippen molar-refractivity contribution in [1.82, 2.24) is 0 Å². The van der Waals surface area contributed by atoms with Crippen LogP contribution in [0.25, 0.3) is 12.2 Å². The Morgan fingerprint density at radius 3 is 1.37 bits per heavy atom. The summed E-state index contributed by atoms with van der Waals surface area (Å²) in [6.07, 6.45) is 7.95. The average molecular weight is 633 g/mol. The van der Waals surface area contributed by atoms with Gasteiger partial charge in [-0.25, -0.2) is 19.2 Å². The minimum atomic E-state index is -0.526. The molecule has 0 amide bonds. The molecule has 0 unspecified atom stereocenters. The number of carbonyl (C=O) groups excluding carboxylic acids is 4. The van der Waals surface area contributed by atoms with Crippen LogP contribution in [0, 0.1) is 13.8 Å². The molecule has 0 saturated heterocycles. The lowest BCUT2D eigenvalue weighted by Gasteiger charge is -2.27. The fraction of sp³-hybridized carbons (Fsp3) is 0.333. The minimum Gasteiger partial charge on any atom is -0.459 e. The molecule has 244 valence electrons. The van der Waals surface area contributed by atoms with Crippen molar-refractivity contribution in [2.24, 2.45) is 0 Å². The topological polar surface area (TPSA) is 124 Å². The van der Waals surface area contributed by atoms with Crippen LogP contribution in [-0.4, -0.2) is 49.7 Å². The quantitative estimate of drug-likeness (QED) is 0.101. The van der Waals surface area contributed by atoms with Gasteiger partial charge < -0.3 is 28.4 Å². The highest BCUT2D eigenvalue weighted by Gasteiger charge is 2.25. The lowest BCUT2D eigenvalue weighted by Crippen LogP contribution is -2.29. The van der Waals surface area contributed by atoms with Crippen LogP contribution in [0.2, 0.25) is 0 Å². The van der Waals surface area contributed by atoms with Crippen molar-refractivity contribution in [2.45, 2.75) is 65.6 Å². The van der Waals surface area contributed by atoms with Crippen LogP contribution in [0.4, 0.5) is 0 Å². The molecule has 0 bridgehead atoms. The van der Waals surface area contributed by atoms with E-state index in [0.717, 1.165) is 22.3 Å². The summed E-state index contributed by atoms with van der Waals surface area (Å²) in [4.78, 5) is 47.8. The van der Waals surface area contributed by atoms with Gasteiger partial charge in [0.1, 0.15) is 23.7 Å². The lowest BCUT2D eigenvalue weighted by atomic mass is 9.95. The van der Waals surface area contributed by atoms with Crippen molar-refractivity contribution < 1.29 is 47.6 Å². The Hall–Kier alpha value is -5.12. The molecular formula is C36H40O10. The smallest absolute Gasteiger partial charge is 0.335 e. The molecule has 10 heteroatoms. The summed E-state index contributed by atoms with van der Waals surface area (Å²) in [6, 6.07) is 10.6. The number of ether oxygens (including phenoxy) is 6. The number of hydrogen-bond donors (Lipinski definition) is 0. The van der Waals surface area contributed by atoms with E-state index in [-0.39, 0.29) is 36.9 Å². The Bertz CT molecular complexity index is 1400. The highest BCUT2D eigenvalue weighted by atomic mass is 16.7. The van der Waals surface area contributed by atoms with Gasteiger partial charge >= 0.3 is 23.9 Å². The summed E-state index contributed by atoms with van der Waals surface area (Å²) in [5, 5.41) is 0. The van der Waals surface area contributed by atoms with E-state index in [0.29, 0.717) is 37.2 Å². The van der Waals surface area contributed by atoms with Gasteiger partial charge in [-0.15, -0.1) is 0 Å². The van der Waals surface area contributed by atoms with E-state index in [4.69, 9.17) is 28.4 Å². The average Bonchev–Trinajstić information content (AvgIpc) is 3.01. The van der Waals surface area contributed by atoms with Gasteiger partial charge in [-0.1, -0.05) is 25.3 Å². The van der Waals surface area contributed by atoms with E-state index in [1.165, 1.54) is 12.2 Å². The van der Waals surface area contributed by atoms with Gasteiger partial charge in [-0.2, -0.15) is 0 Å². The van der Waals surface area contributed by atoms with Gasteiger partial charge in [0, 0.05) is 23.3 Å². The normalized spacial score (nSPS) is 16.0. The predicted molar refractivity (Wildman–Crippen MR) is 171 cm³/mol. The van der Waals surface area contributed by atoms with Gasteiger partial charge in [0.05, 0.1) is 0 Å². The third-order valence-corrected chi connectivity index (χ3v) is 7.00. The Balaban J connectivity index is 1.38. The monoisotopic (exact) mass is 632 g/mol. The summed E-state index contributed by atoms with van der Waals surface area (Å²) in [5.74, 6) is -0.904. The first kappa shape index (κ1) is 35.4. The molecule has 2 aromatic carbocycles. The second-order valence-corrected chi connectivity index (χ2v) is 10.9. The van der Waals surface area contributed by atoms with Gasteiger partial charge in [0.2, 0.25) is 13.6 Å². The molecule has 0 aliphatic heterocycles. The molecule has 1 aliphatic carbocycles. The largest absolute Gasteiger partial charge is 0.459 e. The van der Waals surface area contributed by atoms with Crippen LogP contribution in [0.15, 0.2) is 72.9 Å². The van der Waals surface area contributed by atoms with Crippen molar-refractivity contribution in [1.29, 1.82) is 0 Å². The Morgan fingerprint density at radius 1 is 0.674 bits per heavy atom. The number of hydrogen-bond acceptors (Lipinski definition) is 10. The minimum absolute atomic E-state index is 0.227.